The summed E-state index contributed by atoms with van der Waals surface area (Å²) in [4.78, 5) is 0.557. The fraction of sp³-hybridized carbons (Fsp3) is 0.400. The van der Waals surface area contributed by atoms with Crippen molar-refractivity contribution < 1.29 is 18.3 Å². The molecule has 0 radical (unpaired) electrons. The van der Waals surface area contributed by atoms with Gasteiger partial charge in [0.15, 0.2) is 0 Å². The third-order valence-corrected chi connectivity index (χ3v) is 7.06. The summed E-state index contributed by atoms with van der Waals surface area (Å²) in [7, 11) is -3.69. The van der Waals surface area contributed by atoms with Crippen LogP contribution in [-0.4, -0.2) is 19.1 Å². The van der Waals surface area contributed by atoms with Crippen LogP contribution in [0.5, 0.6) is 11.5 Å². The Morgan fingerprint density at radius 2 is 1.68 bits per heavy atom. The second-order valence-corrected chi connectivity index (χ2v) is 9.39. The molecule has 0 bridgehead atoms. The summed E-state index contributed by atoms with van der Waals surface area (Å²) in [6.07, 6.45) is 0.687. The second kappa shape index (κ2) is 5.49. The Morgan fingerprint density at radius 3 is 2.28 bits per heavy atom. The average Bonchev–Trinajstić information content (AvgIpc) is 2.84. The normalized spacial score (nSPS) is 15.8. The molecule has 1 N–H and O–H groups in total. The first kappa shape index (κ1) is 17.8. The predicted octanol–water partition coefficient (Wildman–Crippen LogP) is 4.17. The van der Waals surface area contributed by atoms with Gasteiger partial charge in [-0.2, -0.15) is 0 Å². The summed E-state index contributed by atoms with van der Waals surface area (Å²) >= 11 is 0. The third kappa shape index (κ3) is 2.71. The van der Waals surface area contributed by atoms with E-state index in [2.05, 4.69) is 0 Å². The van der Waals surface area contributed by atoms with Gasteiger partial charge < -0.3 is 9.84 Å². The van der Waals surface area contributed by atoms with Crippen LogP contribution in [0.3, 0.4) is 0 Å². The first-order valence-corrected chi connectivity index (χ1v) is 9.80. The Hall–Kier alpha value is -2.01. The van der Waals surface area contributed by atoms with E-state index in [1.807, 2.05) is 34.6 Å². The molecule has 0 aromatic heterocycles. The molecule has 2 aromatic rings. The zero-order valence-electron chi connectivity index (χ0n) is 15.5. The van der Waals surface area contributed by atoms with E-state index in [1.54, 1.807) is 6.92 Å². The molecule has 1 aliphatic heterocycles. The number of ether oxygens (including phenoxy) is 1. The molecule has 2 aromatic carbocycles. The lowest BCUT2D eigenvalue weighted by Crippen LogP contribution is -2.24. The Labute approximate surface area is 149 Å². The topological polar surface area (TPSA) is 63.6 Å². The average molecular weight is 360 g/mol. The van der Waals surface area contributed by atoms with Gasteiger partial charge in [-0.15, -0.1) is 0 Å². The van der Waals surface area contributed by atoms with E-state index in [0.29, 0.717) is 16.9 Å². The van der Waals surface area contributed by atoms with Crippen molar-refractivity contribution in [2.45, 2.75) is 63.4 Å². The number of phenols is 1. The first-order valence-electron chi connectivity index (χ1n) is 8.32. The van der Waals surface area contributed by atoms with Crippen molar-refractivity contribution in [3.05, 3.63) is 46.0 Å². The molecule has 3 rings (SSSR count). The van der Waals surface area contributed by atoms with Crippen molar-refractivity contribution >= 4 is 9.84 Å². The number of aromatic hydroxyl groups is 1. The second-order valence-electron chi connectivity index (χ2n) is 7.50. The zero-order valence-corrected chi connectivity index (χ0v) is 16.3. The van der Waals surface area contributed by atoms with Gasteiger partial charge in [-0.3, -0.25) is 0 Å². The van der Waals surface area contributed by atoms with Gasteiger partial charge in [0, 0.05) is 12.0 Å². The molecule has 0 saturated carbocycles. The molecule has 5 heteroatoms. The van der Waals surface area contributed by atoms with Crippen molar-refractivity contribution in [1.82, 2.24) is 0 Å². The molecule has 25 heavy (non-hydrogen) atoms. The summed E-state index contributed by atoms with van der Waals surface area (Å²) in [5, 5.41) is 9.71. The quantitative estimate of drug-likeness (QED) is 0.873. The van der Waals surface area contributed by atoms with Crippen LogP contribution in [0.4, 0.5) is 0 Å². The largest absolute Gasteiger partial charge is 0.508 e. The van der Waals surface area contributed by atoms with Crippen LogP contribution in [0, 0.1) is 27.7 Å². The molecule has 0 fully saturated rings. The molecule has 1 aliphatic rings. The standard InChI is InChI=1S/C20H24O4S/c1-11-9-15(7-8-17(11)21)25(22,23)19-13(3)12(2)18-16(14(19)4)10-20(5,6)24-18/h7-9,21H,10H2,1-6H3. The lowest BCUT2D eigenvalue weighted by molar-refractivity contribution is 0.137. The Kier molecular flexibility index (Phi) is 3.91. The smallest absolute Gasteiger partial charge is 0.207 e. The van der Waals surface area contributed by atoms with Gasteiger partial charge in [-0.05, 0) is 82.0 Å². The molecule has 0 aliphatic carbocycles. The maximum absolute atomic E-state index is 13.3. The highest BCUT2D eigenvalue weighted by molar-refractivity contribution is 7.91. The lowest BCUT2D eigenvalue weighted by atomic mass is 9.94. The van der Waals surface area contributed by atoms with Crippen LogP contribution in [0.15, 0.2) is 28.0 Å². The van der Waals surface area contributed by atoms with E-state index < -0.39 is 9.84 Å². The van der Waals surface area contributed by atoms with Crippen molar-refractivity contribution in [2.24, 2.45) is 0 Å². The van der Waals surface area contributed by atoms with Gasteiger partial charge in [0.25, 0.3) is 0 Å². The SMILES string of the molecule is Cc1cc(S(=O)(=O)c2c(C)c(C)c3c(c2C)CC(C)(C)O3)ccc1O. The summed E-state index contributed by atoms with van der Waals surface area (Å²) < 4.78 is 32.7. The minimum absolute atomic E-state index is 0.0904. The third-order valence-electron chi connectivity index (χ3n) is 5.04. The van der Waals surface area contributed by atoms with Gasteiger partial charge in [-0.1, -0.05) is 0 Å². The van der Waals surface area contributed by atoms with Gasteiger partial charge in [-0.25, -0.2) is 8.42 Å². The Balaban J connectivity index is 2.28. The highest BCUT2D eigenvalue weighted by atomic mass is 32.2. The van der Waals surface area contributed by atoms with Crippen LogP contribution in [0.2, 0.25) is 0 Å². The van der Waals surface area contributed by atoms with Gasteiger partial charge in [0.05, 0.1) is 9.79 Å². The maximum Gasteiger partial charge on any atom is 0.207 e. The molecule has 0 spiro atoms. The summed E-state index contributed by atoms with van der Waals surface area (Å²) in [5.74, 6) is 0.911. The minimum atomic E-state index is -3.69. The summed E-state index contributed by atoms with van der Waals surface area (Å²) in [6, 6.07) is 4.41. The zero-order chi connectivity index (χ0) is 18.7. The minimum Gasteiger partial charge on any atom is -0.508 e. The van der Waals surface area contributed by atoms with Gasteiger partial charge in [0.2, 0.25) is 9.84 Å². The van der Waals surface area contributed by atoms with Crippen molar-refractivity contribution in [2.75, 3.05) is 0 Å². The van der Waals surface area contributed by atoms with Crippen LogP contribution >= 0.6 is 0 Å². The monoisotopic (exact) mass is 360 g/mol. The molecule has 134 valence electrons. The fourth-order valence-electron chi connectivity index (χ4n) is 3.56. The number of phenolic OH excluding ortho intramolecular Hbond substituents is 1. The molecule has 0 unspecified atom stereocenters. The van der Waals surface area contributed by atoms with E-state index >= 15 is 0 Å². The number of benzene rings is 2. The van der Waals surface area contributed by atoms with Gasteiger partial charge >= 0.3 is 0 Å². The maximum atomic E-state index is 13.3. The summed E-state index contributed by atoms with van der Waals surface area (Å²) in [6.45, 7) is 11.3. The number of hydrogen-bond acceptors (Lipinski definition) is 4. The van der Waals surface area contributed by atoms with Gasteiger partial charge in [0.1, 0.15) is 17.1 Å². The Bertz CT molecular complexity index is 985. The molecular weight excluding hydrogens is 336 g/mol. The number of hydrogen-bond donors (Lipinski definition) is 1. The van der Waals surface area contributed by atoms with E-state index in [1.165, 1.54) is 18.2 Å². The molecule has 0 amide bonds. The highest BCUT2D eigenvalue weighted by Gasteiger charge is 2.36. The van der Waals surface area contributed by atoms with E-state index in [4.69, 9.17) is 4.74 Å². The van der Waals surface area contributed by atoms with Crippen molar-refractivity contribution in [3.63, 3.8) is 0 Å². The molecule has 0 saturated heterocycles. The van der Waals surface area contributed by atoms with Crippen molar-refractivity contribution in [3.8, 4) is 11.5 Å². The van der Waals surface area contributed by atoms with Crippen LogP contribution in [-0.2, 0) is 16.3 Å². The molecule has 1 heterocycles. The van der Waals surface area contributed by atoms with E-state index in [0.717, 1.165) is 28.0 Å². The predicted molar refractivity (Wildman–Crippen MR) is 97.4 cm³/mol. The van der Waals surface area contributed by atoms with Crippen LogP contribution in [0.25, 0.3) is 0 Å². The molecular formula is C20H24O4S. The number of aryl methyl sites for hydroxylation is 1. The molecule has 0 atom stereocenters. The lowest BCUT2D eigenvalue weighted by Gasteiger charge is -2.19. The number of sulfone groups is 1. The summed E-state index contributed by atoms with van der Waals surface area (Å²) in [5.41, 5.74) is 3.54. The van der Waals surface area contributed by atoms with Crippen molar-refractivity contribution in [1.29, 1.82) is 0 Å². The highest BCUT2D eigenvalue weighted by Crippen LogP contribution is 2.44. The Morgan fingerprint density at radius 1 is 1.04 bits per heavy atom. The number of fused-ring (bicyclic) bond motifs is 1. The molecule has 4 nitrogen and oxygen atoms in total. The van der Waals surface area contributed by atoms with E-state index in [-0.39, 0.29) is 16.2 Å². The van der Waals surface area contributed by atoms with Crippen LogP contribution in [0.1, 0.15) is 41.7 Å². The van der Waals surface area contributed by atoms with Crippen LogP contribution < -0.4 is 4.74 Å². The fourth-order valence-corrected chi connectivity index (χ4v) is 5.46. The van der Waals surface area contributed by atoms with E-state index in [9.17, 15) is 13.5 Å². The first-order chi connectivity index (χ1) is 11.5. The number of rotatable bonds is 2.